The monoisotopic (exact) mass is 244 g/mol. The molecule has 96 valence electrons. The summed E-state index contributed by atoms with van der Waals surface area (Å²) in [5, 5.41) is 0. The SMILES string of the molecule is CCOCCCC(NN)c1ccc(F)c(F)c1. The van der Waals surface area contributed by atoms with Gasteiger partial charge in [-0.05, 0) is 37.5 Å². The van der Waals surface area contributed by atoms with Gasteiger partial charge in [-0.3, -0.25) is 11.3 Å². The Morgan fingerprint density at radius 1 is 1.35 bits per heavy atom. The zero-order chi connectivity index (χ0) is 12.7. The summed E-state index contributed by atoms with van der Waals surface area (Å²) in [4.78, 5) is 0. The third-order valence-corrected chi connectivity index (χ3v) is 2.53. The van der Waals surface area contributed by atoms with E-state index in [9.17, 15) is 8.78 Å². The lowest BCUT2D eigenvalue weighted by Gasteiger charge is -2.16. The Morgan fingerprint density at radius 3 is 2.71 bits per heavy atom. The van der Waals surface area contributed by atoms with Gasteiger partial charge in [-0.25, -0.2) is 8.78 Å². The van der Waals surface area contributed by atoms with Gasteiger partial charge in [-0.1, -0.05) is 6.07 Å². The smallest absolute Gasteiger partial charge is 0.159 e. The zero-order valence-corrected chi connectivity index (χ0v) is 9.88. The molecule has 1 aromatic rings. The molecule has 0 aliphatic carbocycles. The molecule has 0 heterocycles. The Balaban J connectivity index is 2.56. The Labute approximate surface area is 99.9 Å². The third kappa shape index (κ3) is 4.38. The highest BCUT2D eigenvalue weighted by atomic mass is 19.2. The number of benzene rings is 1. The fourth-order valence-corrected chi connectivity index (χ4v) is 1.61. The van der Waals surface area contributed by atoms with E-state index in [4.69, 9.17) is 10.6 Å². The molecule has 1 rings (SSSR count). The predicted molar refractivity (Wildman–Crippen MR) is 62.1 cm³/mol. The van der Waals surface area contributed by atoms with Crippen molar-refractivity contribution in [2.45, 2.75) is 25.8 Å². The average molecular weight is 244 g/mol. The molecule has 0 fully saturated rings. The second-order valence-electron chi connectivity index (χ2n) is 3.73. The molecule has 1 aromatic carbocycles. The lowest BCUT2D eigenvalue weighted by atomic mass is 10.0. The summed E-state index contributed by atoms with van der Waals surface area (Å²) in [5.74, 6) is 3.70. The van der Waals surface area contributed by atoms with Gasteiger partial charge in [0, 0.05) is 19.3 Å². The summed E-state index contributed by atoms with van der Waals surface area (Å²) >= 11 is 0. The Kier molecular flexibility index (Phi) is 6.04. The Morgan fingerprint density at radius 2 is 2.12 bits per heavy atom. The van der Waals surface area contributed by atoms with Crippen molar-refractivity contribution in [1.29, 1.82) is 0 Å². The van der Waals surface area contributed by atoms with E-state index in [1.165, 1.54) is 12.1 Å². The molecule has 3 nitrogen and oxygen atoms in total. The van der Waals surface area contributed by atoms with Crippen LogP contribution < -0.4 is 11.3 Å². The molecule has 0 bridgehead atoms. The molecule has 0 spiro atoms. The van der Waals surface area contributed by atoms with Crippen LogP contribution in [0.3, 0.4) is 0 Å². The maximum absolute atomic E-state index is 13.1. The number of nitrogens with one attached hydrogen (secondary N) is 1. The molecule has 3 N–H and O–H groups in total. The molecule has 17 heavy (non-hydrogen) atoms. The first kappa shape index (κ1) is 14.0. The van der Waals surface area contributed by atoms with Crippen LogP contribution in [0.15, 0.2) is 18.2 Å². The zero-order valence-electron chi connectivity index (χ0n) is 9.88. The van der Waals surface area contributed by atoms with Crippen molar-refractivity contribution in [3.05, 3.63) is 35.4 Å². The Bertz CT molecular complexity index is 347. The van der Waals surface area contributed by atoms with Crippen LogP contribution >= 0.6 is 0 Å². The predicted octanol–water partition coefficient (Wildman–Crippen LogP) is 2.29. The first-order valence-electron chi connectivity index (χ1n) is 5.67. The van der Waals surface area contributed by atoms with Gasteiger partial charge in [0.15, 0.2) is 11.6 Å². The van der Waals surface area contributed by atoms with Crippen LogP contribution in [0.2, 0.25) is 0 Å². The normalized spacial score (nSPS) is 12.7. The van der Waals surface area contributed by atoms with Crippen molar-refractivity contribution in [2.24, 2.45) is 5.84 Å². The molecule has 0 aliphatic heterocycles. The van der Waals surface area contributed by atoms with Crippen molar-refractivity contribution in [3.8, 4) is 0 Å². The van der Waals surface area contributed by atoms with Crippen molar-refractivity contribution in [3.63, 3.8) is 0 Å². The molecule has 0 aliphatic rings. The fourth-order valence-electron chi connectivity index (χ4n) is 1.61. The van der Waals surface area contributed by atoms with E-state index in [0.29, 0.717) is 25.2 Å². The van der Waals surface area contributed by atoms with Crippen LogP contribution in [0.4, 0.5) is 8.78 Å². The van der Waals surface area contributed by atoms with Gasteiger partial charge in [0.05, 0.1) is 0 Å². The summed E-state index contributed by atoms with van der Waals surface area (Å²) < 4.78 is 31.0. The Hall–Kier alpha value is -1.04. The third-order valence-electron chi connectivity index (χ3n) is 2.53. The van der Waals surface area contributed by atoms with Crippen molar-refractivity contribution >= 4 is 0 Å². The summed E-state index contributed by atoms with van der Waals surface area (Å²) in [6.45, 7) is 3.23. The summed E-state index contributed by atoms with van der Waals surface area (Å²) in [7, 11) is 0. The first-order valence-corrected chi connectivity index (χ1v) is 5.67. The standard InChI is InChI=1S/C12H18F2N2O/c1-2-17-7-3-4-12(16-15)9-5-6-10(13)11(14)8-9/h5-6,8,12,16H,2-4,7,15H2,1H3. The van der Waals surface area contributed by atoms with E-state index in [-0.39, 0.29) is 6.04 Å². The van der Waals surface area contributed by atoms with Gasteiger partial charge >= 0.3 is 0 Å². The lowest BCUT2D eigenvalue weighted by Crippen LogP contribution is -2.28. The maximum atomic E-state index is 13.1. The molecule has 5 heteroatoms. The van der Waals surface area contributed by atoms with Crippen LogP contribution in [0.25, 0.3) is 0 Å². The number of hydrazine groups is 1. The van der Waals surface area contributed by atoms with E-state index in [2.05, 4.69) is 5.43 Å². The number of halogens is 2. The van der Waals surface area contributed by atoms with Crippen molar-refractivity contribution < 1.29 is 13.5 Å². The fraction of sp³-hybridized carbons (Fsp3) is 0.500. The minimum Gasteiger partial charge on any atom is -0.382 e. The summed E-state index contributed by atoms with van der Waals surface area (Å²) in [5.41, 5.74) is 3.24. The largest absolute Gasteiger partial charge is 0.382 e. The van der Waals surface area contributed by atoms with E-state index in [1.54, 1.807) is 0 Å². The summed E-state index contributed by atoms with van der Waals surface area (Å²) in [6, 6.07) is 3.62. The van der Waals surface area contributed by atoms with Crippen LogP contribution in [0.1, 0.15) is 31.4 Å². The quantitative estimate of drug-likeness (QED) is 0.439. The number of hydrogen-bond acceptors (Lipinski definition) is 3. The van der Waals surface area contributed by atoms with Crippen LogP contribution in [0, 0.1) is 11.6 Å². The highest BCUT2D eigenvalue weighted by Gasteiger charge is 2.12. The number of rotatable bonds is 7. The molecule has 0 aromatic heterocycles. The molecule has 1 unspecified atom stereocenters. The molecule has 1 atom stereocenters. The highest BCUT2D eigenvalue weighted by Crippen LogP contribution is 2.19. The number of ether oxygens (including phenoxy) is 1. The van der Waals surface area contributed by atoms with Gasteiger partial charge in [-0.2, -0.15) is 0 Å². The van der Waals surface area contributed by atoms with Gasteiger partial charge in [0.25, 0.3) is 0 Å². The second kappa shape index (κ2) is 7.32. The average Bonchev–Trinajstić information content (AvgIpc) is 2.33. The van der Waals surface area contributed by atoms with E-state index >= 15 is 0 Å². The maximum Gasteiger partial charge on any atom is 0.159 e. The van der Waals surface area contributed by atoms with E-state index in [0.717, 1.165) is 12.5 Å². The molecular formula is C12H18F2N2O. The number of nitrogens with two attached hydrogens (primary N) is 1. The van der Waals surface area contributed by atoms with E-state index in [1.807, 2.05) is 6.92 Å². The lowest BCUT2D eigenvalue weighted by molar-refractivity contribution is 0.141. The molecule has 0 saturated carbocycles. The number of hydrogen-bond donors (Lipinski definition) is 2. The van der Waals surface area contributed by atoms with Crippen LogP contribution in [0.5, 0.6) is 0 Å². The van der Waals surface area contributed by atoms with Gasteiger partial charge < -0.3 is 4.74 Å². The molecule has 0 saturated heterocycles. The highest BCUT2D eigenvalue weighted by molar-refractivity contribution is 5.21. The molecule has 0 amide bonds. The molecular weight excluding hydrogens is 226 g/mol. The minimum absolute atomic E-state index is 0.189. The van der Waals surface area contributed by atoms with E-state index < -0.39 is 11.6 Å². The minimum atomic E-state index is -0.854. The van der Waals surface area contributed by atoms with Crippen molar-refractivity contribution in [1.82, 2.24) is 5.43 Å². The van der Waals surface area contributed by atoms with Crippen LogP contribution in [-0.4, -0.2) is 13.2 Å². The second-order valence-corrected chi connectivity index (χ2v) is 3.73. The molecule has 0 radical (unpaired) electrons. The topological polar surface area (TPSA) is 47.3 Å². The van der Waals surface area contributed by atoms with Crippen molar-refractivity contribution in [2.75, 3.05) is 13.2 Å². The summed E-state index contributed by atoms with van der Waals surface area (Å²) in [6.07, 6.45) is 1.52. The van der Waals surface area contributed by atoms with Gasteiger partial charge in [0.2, 0.25) is 0 Å². The van der Waals surface area contributed by atoms with Gasteiger partial charge in [-0.15, -0.1) is 0 Å². The van der Waals surface area contributed by atoms with Crippen LogP contribution in [-0.2, 0) is 4.74 Å². The first-order chi connectivity index (χ1) is 8.19. The van der Waals surface area contributed by atoms with Gasteiger partial charge in [0.1, 0.15) is 0 Å².